The van der Waals surface area contributed by atoms with Gasteiger partial charge in [-0.2, -0.15) is 0 Å². The summed E-state index contributed by atoms with van der Waals surface area (Å²) < 4.78 is 1.30. The summed E-state index contributed by atoms with van der Waals surface area (Å²) in [6.07, 6.45) is 5.34. The van der Waals surface area contributed by atoms with Crippen molar-refractivity contribution in [1.29, 1.82) is 0 Å². The summed E-state index contributed by atoms with van der Waals surface area (Å²) in [6.45, 7) is 9.82. The fraction of sp³-hybridized carbons (Fsp3) is 0.500. The van der Waals surface area contributed by atoms with Crippen LogP contribution in [0.1, 0.15) is 50.7 Å². The van der Waals surface area contributed by atoms with E-state index in [1.807, 2.05) is 0 Å². The highest BCUT2D eigenvalue weighted by atomic mass is 79.9. The summed E-state index contributed by atoms with van der Waals surface area (Å²) in [7, 11) is 0. The van der Waals surface area contributed by atoms with Crippen LogP contribution >= 0.6 is 0 Å². The molecule has 0 saturated heterocycles. The average molecular weight is 362 g/mol. The fourth-order valence-electron chi connectivity index (χ4n) is 3.82. The molecule has 0 spiro atoms. The van der Waals surface area contributed by atoms with Crippen LogP contribution in [0, 0.1) is 0 Å². The molecule has 1 heterocycles. The van der Waals surface area contributed by atoms with Crippen molar-refractivity contribution in [3.8, 4) is 0 Å². The van der Waals surface area contributed by atoms with Gasteiger partial charge in [0.05, 0.1) is 13.1 Å². The topological polar surface area (TPSA) is 0 Å². The first kappa shape index (κ1) is 17.5. The second kappa shape index (κ2) is 7.61. The minimum Gasteiger partial charge on any atom is -1.00 e. The van der Waals surface area contributed by atoms with E-state index in [2.05, 4.69) is 50.2 Å². The molecule has 1 aliphatic rings. The molecule has 0 N–H and O–H groups in total. The summed E-state index contributed by atoms with van der Waals surface area (Å²) in [5.74, 6) is 0. The summed E-state index contributed by atoms with van der Waals surface area (Å²) >= 11 is 0. The number of halogens is 1. The Morgan fingerprint density at radius 1 is 0.818 bits per heavy atom. The third-order valence-electron chi connectivity index (χ3n) is 5.05. The van der Waals surface area contributed by atoms with Gasteiger partial charge in [-0.05, 0) is 35.7 Å². The van der Waals surface area contributed by atoms with E-state index in [1.54, 1.807) is 11.1 Å². The molecule has 2 heteroatoms. The third kappa shape index (κ3) is 3.55. The van der Waals surface area contributed by atoms with Crippen LogP contribution in [0.2, 0.25) is 0 Å². The normalized spacial score (nSPS) is 15.5. The molecule has 22 heavy (non-hydrogen) atoms. The van der Waals surface area contributed by atoms with E-state index < -0.39 is 0 Å². The number of quaternary nitrogens is 1. The van der Waals surface area contributed by atoms with Crippen molar-refractivity contribution in [1.82, 2.24) is 0 Å². The molecule has 2 aromatic carbocycles. The van der Waals surface area contributed by atoms with Crippen LogP contribution in [0.4, 0.5) is 0 Å². The Morgan fingerprint density at radius 3 is 1.68 bits per heavy atom. The quantitative estimate of drug-likeness (QED) is 0.692. The van der Waals surface area contributed by atoms with E-state index in [9.17, 15) is 0 Å². The molecule has 0 fully saturated rings. The molecule has 1 aliphatic heterocycles. The molecule has 0 bridgehead atoms. The summed E-state index contributed by atoms with van der Waals surface area (Å²) in [6, 6.07) is 13.7. The van der Waals surface area contributed by atoms with Gasteiger partial charge in [0.25, 0.3) is 0 Å². The SMILES string of the molecule is CCCC[N+]1(CCCC)Cc2cc3ccccc3cc2C1.[Br-]. The lowest BCUT2D eigenvalue weighted by Gasteiger charge is -2.34. The van der Waals surface area contributed by atoms with Gasteiger partial charge in [-0.15, -0.1) is 0 Å². The zero-order valence-corrected chi connectivity index (χ0v) is 15.5. The lowest BCUT2D eigenvalue weighted by atomic mass is 10.0. The molecule has 0 atom stereocenters. The second-order valence-electron chi connectivity index (χ2n) is 6.78. The monoisotopic (exact) mass is 361 g/mol. The standard InChI is InChI=1S/C20H28N.BrH/c1-3-5-11-21(12-6-4-2)15-19-13-17-9-7-8-10-18(17)14-20(19)16-21;/h7-10,13-14H,3-6,11-12,15-16H2,1-2H3;1H/q+1;/p-1. The van der Waals surface area contributed by atoms with E-state index in [4.69, 9.17) is 0 Å². The van der Waals surface area contributed by atoms with Gasteiger partial charge >= 0.3 is 0 Å². The first-order chi connectivity index (χ1) is 10.3. The molecule has 2 aromatic rings. The van der Waals surface area contributed by atoms with Crippen molar-refractivity contribution in [2.45, 2.75) is 52.6 Å². The smallest absolute Gasteiger partial charge is 0.105 e. The molecule has 0 unspecified atom stereocenters. The zero-order valence-electron chi connectivity index (χ0n) is 13.9. The Balaban J connectivity index is 0.00000176. The number of benzene rings is 2. The maximum Gasteiger partial charge on any atom is 0.105 e. The molecular formula is C20H28BrN. The summed E-state index contributed by atoms with van der Waals surface area (Å²) in [4.78, 5) is 0. The van der Waals surface area contributed by atoms with Crippen molar-refractivity contribution in [2.24, 2.45) is 0 Å². The first-order valence-corrected chi connectivity index (χ1v) is 8.62. The van der Waals surface area contributed by atoms with Crippen LogP contribution < -0.4 is 17.0 Å². The predicted molar refractivity (Wildman–Crippen MR) is 91.2 cm³/mol. The minimum absolute atomic E-state index is 0. The molecule has 0 amide bonds. The van der Waals surface area contributed by atoms with Crippen molar-refractivity contribution < 1.29 is 21.5 Å². The minimum atomic E-state index is 0. The molecular weight excluding hydrogens is 334 g/mol. The Morgan fingerprint density at radius 2 is 1.27 bits per heavy atom. The average Bonchev–Trinajstić information content (AvgIpc) is 2.86. The van der Waals surface area contributed by atoms with Gasteiger partial charge in [-0.3, -0.25) is 0 Å². The van der Waals surface area contributed by atoms with Gasteiger partial charge in [0, 0.05) is 11.1 Å². The molecule has 0 radical (unpaired) electrons. The number of unbranched alkanes of at least 4 members (excludes halogenated alkanes) is 2. The van der Waals surface area contributed by atoms with Crippen LogP contribution in [0.5, 0.6) is 0 Å². The number of hydrogen-bond donors (Lipinski definition) is 0. The van der Waals surface area contributed by atoms with E-state index in [0.29, 0.717) is 0 Å². The number of hydrogen-bond acceptors (Lipinski definition) is 0. The van der Waals surface area contributed by atoms with Crippen LogP contribution in [0.15, 0.2) is 36.4 Å². The van der Waals surface area contributed by atoms with Gasteiger partial charge in [0.1, 0.15) is 13.1 Å². The third-order valence-corrected chi connectivity index (χ3v) is 5.05. The Hall–Kier alpha value is -0.860. The predicted octanol–water partition coefficient (Wildman–Crippen LogP) is 2.27. The van der Waals surface area contributed by atoms with Gasteiger partial charge < -0.3 is 21.5 Å². The molecule has 120 valence electrons. The van der Waals surface area contributed by atoms with E-state index in [1.165, 1.54) is 67.1 Å². The Kier molecular flexibility index (Phi) is 6.05. The first-order valence-electron chi connectivity index (χ1n) is 8.62. The molecule has 0 saturated carbocycles. The fourth-order valence-corrected chi connectivity index (χ4v) is 3.82. The van der Waals surface area contributed by atoms with Crippen LogP contribution in [-0.4, -0.2) is 17.6 Å². The molecule has 3 rings (SSSR count). The van der Waals surface area contributed by atoms with E-state index in [0.717, 1.165) is 0 Å². The van der Waals surface area contributed by atoms with Crippen molar-refractivity contribution >= 4 is 10.8 Å². The number of nitrogens with zero attached hydrogens (tertiary/aromatic N) is 1. The van der Waals surface area contributed by atoms with Crippen LogP contribution in [-0.2, 0) is 13.1 Å². The highest BCUT2D eigenvalue weighted by Gasteiger charge is 2.34. The van der Waals surface area contributed by atoms with E-state index >= 15 is 0 Å². The molecule has 0 aliphatic carbocycles. The van der Waals surface area contributed by atoms with Gasteiger partial charge in [-0.25, -0.2) is 0 Å². The van der Waals surface area contributed by atoms with Crippen LogP contribution in [0.3, 0.4) is 0 Å². The van der Waals surface area contributed by atoms with Crippen molar-refractivity contribution in [2.75, 3.05) is 13.1 Å². The highest BCUT2D eigenvalue weighted by molar-refractivity contribution is 5.84. The van der Waals surface area contributed by atoms with Crippen LogP contribution in [0.25, 0.3) is 10.8 Å². The highest BCUT2D eigenvalue weighted by Crippen LogP contribution is 2.34. The van der Waals surface area contributed by atoms with Gasteiger partial charge in [-0.1, -0.05) is 51.0 Å². The largest absolute Gasteiger partial charge is 1.00 e. The maximum atomic E-state index is 2.45. The zero-order chi connectivity index (χ0) is 14.7. The Bertz CT molecular complexity index is 566. The van der Waals surface area contributed by atoms with Crippen molar-refractivity contribution in [3.63, 3.8) is 0 Å². The molecule has 0 aromatic heterocycles. The number of rotatable bonds is 6. The molecule has 1 nitrogen and oxygen atoms in total. The van der Waals surface area contributed by atoms with E-state index in [-0.39, 0.29) is 17.0 Å². The maximum absolute atomic E-state index is 2.45. The summed E-state index contributed by atoms with van der Waals surface area (Å²) in [5.41, 5.74) is 3.20. The van der Waals surface area contributed by atoms with Crippen molar-refractivity contribution in [3.05, 3.63) is 47.5 Å². The lowest BCUT2D eigenvalue weighted by Crippen LogP contribution is -3.00. The second-order valence-corrected chi connectivity index (χ2v) is 6.78. The lowest BCUT2D eigenvalue weighted by molar-refractivity contribution is -0.947. The van der Waals surface area contributed by atoms with Gasteiger partial charge in [0.15, 0.2) is 0 Å². The number of fused-ring (bicyclic) bond motifs is 2. The Labute approximate surface area is 145 Å². The van der Waals surface area contributed by atoms with Gasteiger partial charge in [0.2, 0.25) is 0 Å². The summed E-state index contributed by atoms with van der Waals surface area (Å²) in [5, 5.41) is 2.81.